The number of halogens is 1. The minimum absolute atomic E-state index is 0.00117. The average molecular weight is 510 g/mol. The van der Waals surface area contributed by atoms with Crippen LogP contribution in [0.4, 0.5) is 20.6 Å². The van der Waals surface area contributed by atoms with Crippen molar-refractivity contribution in [1.82, 2.24) is 10.1 Å². The highest BCUT2D eigenvalue weighted by Gasteiger charge is 2.31. The first-order valence-electron chi connectivity index (χ1n) is 11.3. The minimum Gasteiger partial charge on any atom is -0.466 e. The number of benzene rings is 2. The number of rotatable bonds is 8. The topological polar surface area (TPSA) is 94.8 Å². The second-order valence-corrected chi connectivity index (χ2v) is 8.47. The van der Waals surface area contributed by atoms with Crippen molar-refractivity contribution >= 4 is 34.8 Å². The third-order valence-electron chi connectivity index (χ3n) is 5.22. The maximum atomic E-state index is 14.8. The van der Waals surface area contributed by atoms with Gasteiger partial charge in [0.25, 0.3) is 0 Å². The van der Waals surface area contributed by atoms with E-state index in [2.05, 4.69) is 5.16 Å². The molecule has 4 rings (SSSR count). The summed E-state index contributed by atoms with van der Waals surface area (Å²) < 4.78 is 30.7. The summed E-state index contributed by atoms with van der Waals surface area (Å²) in [4.78, 5) is 30.9. The number of aromatic nitrogens is 2. The number of amides is 1. The van der Waals surface area contributed by atoms with Crippen molar-refractivity contribution in [3.05, 3.63) is 71.0 Å². The van der Waals surface area contributed by atoms with Gasteiger partial charge in [0.1, 0.15) is 27.9 Å². The Morgan fingerprint density at radius 2 is 1.78 bits per heavy atom. The summed E-state index contributed by atoms with van der Waals surface area (Å²) in [5.74, 6) is -0.747. The summed E-state index contributed by atoms with van der Waals surface area (Å²) in [6.45, 7) is 5.47. The number of esters is 1. The molecule has 4 aromatic rings. The molecule has 2 aromatic heterocycles. The summed E-state index contributed by atoms with van der Waals surface area (Å²) in [5, 5.41) is 6.42. The van der Waals surface area contributed by atoms with E-state index in [1.54, 1.807) is 32.2 Å². The number of hydrogen-bond donors (Lipinski definition) is 0. The molecule has 0 bridgehead atoms. The van der Waals surface area contributed by atoms with Crippen LogP contribution in [-0.2, 0) is 20.7 Å². The van der Waals surface area contributed by atoms with E-state index in [4.69, 9.17) is 19.0 Å². The van der Waals surface area contributed by atoms with Gasteiger partial charge >= 0.3 is 12.1 Å². The maximum Gasteiger partial charge on any atom is 0.419 e. The standard InChI is InChI=1S/C26H24FN3O5S/c1-4-33-22(31)14-17-10-6-7-11-18(17)25-28-20(15-36-25)24-23(16(3)29-35-24)30(26(32)34-5-2)21-13-9-8-12-19(21)27/h6-13,15H,4-5,14H2,1-3H3. The van der Waals surface area contributed by atoms with Crippen LogP contribution in [0.15, 0.2) is 58.4 Å². The van der Waals surface area contributed by atoms with Crippen molar-refractivity contribution in [3.63, 3.8) is 0 Å². The summed E-state index contributed by atoms with van der Waals surface area (Å²) in [5.41, 5.74) is 2.54. The molecule has 10 heteroatoms. The Hall–Kier alpha value is -4.05. The normalized spacial score (nSPS) is 10.8. The summed E-state index contributed by atoms with van der Waals surface area (Å²) in [6.07, 6.45) is -0.666. The Kier molecular flexibility index (Phi) is 7.74. The van der Waals surface area contributed by atoms with E-state index >= 15 is 0 Å². The molecule has 0 radical (unpaired) electrons. The maximum absolute atomic E-state index is 14.8. The first-order valence-corrected chi connectivity index (χ1v) is 12.2. The van der Waals surface area contributed by atoms with Crippen molar-refractivity contribution in [2.75, 3.05) is 18.1 Å². The molecule has 0 spiro atoms. The van der Waals surface area contributed by atoms with Crippen molar-refractivity contribution in [1.29, 1.82) is 0 Å². The Bertz CT molecular complexity index is 1380. The molecule has 0 saturated carbocycles. The van der Waals surface area contributed by atoms with E-state index in [1.165, 1.54) is 29.5 Å². The molecule has 0 aliphatic heterocycles. The molecule has 8 nitrogen and oxygen atoms in total. The van der Waals surface area contributed by atoms with Crippen LogP contribution < -0.4 is 4.90 Å². The molecule has 0 atom stereocenters. The summed E-state index contributed by atoms with van der Waals surface area (Å²) >= 11 is 1.34. The van der Waals surface area contributed by atoms with E-state index in [0.717, 1.165) is 16.0 Å². The first kappa shape index (κ1) is 25.1. The lowest BCUT2D eigenvalue weighted by Crippen LogP contribution is -2.28. The second kappa shape index (κ2) is 11.1. The first-order chi connectivity index (χ1) is 17.4. The van der Waals surface area contributed by atoms with Crippen molar-refractivity contribution < 1.29 is 28.0 Å². The fourth-order valence-corrected chi connectivity index (χ4v) is 4.54. The van der Waals surface area contributed by atoms with Gasteiger partial charge < -0.3 is 14.0 Å². The zero-order chi connectivity index (χ0) is 25.7. The quantitative estimate of drug-likeness (QED) is 0.257. The smallest absolute Gasteiger partial charge is 0.419 e. The number of nitrogens with zero attached hydrogens (tertiary/aromatic N) is 3. The molecule has 0 unspecified atom stereocenters. The number of hydrogen-bond acceptors (Lipinski definition) is 8. The van der Waals surface area contributed by atoms with Gasteiger partial charge in [0.15, 0.2) is 0 Å². The zero-order valence-electron chi connectivity index (χ0n) is 20.0. The molecule has 36 heavy (non-hydrogen) atoms. The predicted molar refractivity (Wildman–Crippen MR) is 134 cm³/mol. The molecule has 0 aliphatic rings. The lowest BCUT2D eigenvalue weighted by molar-refractivity contribution is -0.142. The van der Waals surface area contributed by atoms with Gasteiger partial charge in [-0.1, -0.05) is 41.6 Å². The molecule has 0 N–H and O–H groups in total. The van der Waals surface area contributed by atoms with Crippen molar-refractivity contribution in [3.8, 4) is 22.0 Å². The molecule has 0 fully saturated rings. The van der Waals surface area contributed by atoms with E-state index < -0.39 is 11.9 Å². The van der Waals surface area contributed by atoms with Crippen LogP contribution >= 0.6 is 11.3 Å². The molecular formula is C26H24FN3O5S. The Morgan fingerprint density at radius 1 is 1.06 bits per heavy atom. The Labute approximate surface area is 211 Å². The number of aryl methyl sites for hydroxylation is 1. The largest absolute Gasteiger partial charge is 0.466 e. The lowest BCUT2D eigenvalue weighted by Gasteiger charge is -2.22. The average Bonchev–Trinajstić information content (AvgIpc) is 3.48. The van der Waals surface area contributed by atoms with Gasteiger partial charge in [0, 0.05) is 10.9 Å². The van der Waals surface area contributed by atoms with Gasteiger partial charge in [0.05, 0.1) is 25.3 Å². The van der Waals surface area contributed by atoms with Crippen LogP contribution in [-0.4, -0.2) is 35.4 Å². The van der Waals surface area contributed by atoms with Gasteiger partial charge in [0.2, 0.25) is 5.76 Å². The van der Waals surface area contributed by atoms with Crippen LogP contribution in [0, 0.1) is 12.7 Å². The van der Waals surface area contributed by atoms with Crippen molar-refractivity contribution in [2.45, 2.75) is 27.2 Å². The highest BCUT2D eigenvalue weighted by atomic mass is 32.1. The van der Waals surface area contributed by atoms with E-state index in [0.29, 0.717) is 23.0 Å². The molecule has 2 aromatic carbocycles. The monoisotopic (exact) mass is 509 g/mol. The zero-order valence-corrected chi connectivity index (χ0v) is 20.8. The highest BCUT2D eigenvalue weighted by Crippen LogP contribution is 2.41. The van der Waals surface area contributed by atoms with E-state index in [1.807, 2.05) is 24.3 Å². The molecule has 0 aliphatic carbocycles. The number of thiazole rings is 1. The van der Waals surface area contributed by atoms with Crippen LogP contribution in [0.2, 0.25) is 0 Å². The van der Waals surface area contributed by atoms with Crippen LogP contribution in [0.1, 0.15) is 25.1 Å². The number of para-hydroxylation sites is 1. The Balaban J connectivity index is 1.77. The van der Waals surface area contributed by atoms with Crippen LogP contribution in [0.3, 0.4) is 0 Å². The van der Waals surface area contributed by atoms with Crippen LogP contribution in [0.5, 0.6) is 0 Å². The highest BCUT2D eigenvalue weighted by molar-refractivity contribution is 7.13. The lowest BCUT2D eigenvalue weighted by atomic mass is 10.1. The molecule has 0 saturated heterocycles. The van der Waals surface area contributed by atoms with E-state index in [-0.39, 0.29) is 36.1 Å². The number of carbonyl (C=O) groups is 2. The van der Waals surface area contributed by atoms with Gasteiger partial charge in [-0.25, -0.2) is 19.1 Å². The third-order valence-corrected chi connectivity index (χ3v) is 6.10. The van der Waals surface area contributed by atoms with Gasteiger partial charge in [-0.2, -0.15) is 0 Å². The number of ether oxygens (including phenoxy) is 2. The summed E-state index contributed by atoms with van der Waals surface area (Å²) in [7, 11) is 0. The third kappa shape index (κ3) is 5.13. The molecule has 1 amide bonds. The second-order valence-electron chi connectivity index (χ2n) is 7.61. The SMILES string of the molecule is CCOC(=O)Cc1ccccc1-c1nc(-c2onc(C)c2N(C(=O)OCC)c2ccccc2F)cs1. The predicted octanol–water partition coefficient (Wildman–Crippen LogP) is 6.31. The summed E-state index contributed by atoms with van der Waals surface area (Å²) in [6, 6.07) is 13.3. The Morgan fingerprint density at radius 3 is 2.53 bits per heavy atom. The molecular weight excluding hydrogens is 485 g/mol. The van der Waals surface area contributed by atoms with Gasteiger partial charge in [-0.15, -0.1) is 11.3 Å². The fraction of sp³-hybridized carbons (Fsp3) is 0.231. The van der Waals surface area contributed by atoms with Crippen molar-refractivity contribution in [2.24, 2.45) is 0 Å². The van der Waals surface area contributed by atoms with Gasteiger partial charge in [-0.05, 0) is 38.5 Å². The van der Waals surface area contributed by atoms with Crippen LogP contribution in [0.25, 0.3) is 22.0 Å². The fourth-order valence-electron chi connectivity index (χ4n) is 3.68. The number of anilines is 2. The van der Waals surface area contributed by atoms with E-state index in [9.17, 15) is 14.0 Å². The van der Waals surface area contributed by atoms with Gasteiger partial charge in [-0.3, -0.25) is 4.79 Å². The number of carbonyl (C=O) groups excluding carboxylic acids is 2. The molecule has 2 heterocycles. The molecule has 186 valence electrons. The minimum atomic E-state index is -0.773.